The van der Waals surface area contributed by atoms with Gasteiger partial charge in [0.15, 0.2) is 5.82 Å². The van der Waals surface area contributed by atoms with Crippen molar-refractivity contribution in [1.29, 1.82) is 0 Å². The Morgan fingerprint density at radius 2 is 1.89 bits per heavy atom. The van der Waals surface area contributed by atoms with Crippen molar-refractivity contribution < 1.29 is 19.2 Å². The SMILES string of the molecule is O=C(O)[C@@H]1CN(C(=O)CCc2nc(C3CCCC3)no2)C[C@@H]1c1ccccc1. The predicted molar refractivity (Wildman–Crippen MR) is 101 cm³/mol. The second-order valence-corrected chi connectivity index (χ2v) is 7.79. The number of carboxylic acid groups (broad SMARTS) is 1. The molecular formula is C21H25N3O4. The van der Waals surface area contributed by atoms with Crippen LogP contribution in [0.5, 0.6) is 0 Å². The minimum absolute atomic E-state index is 0.0645. The van der Waals surface area contributed by atoms with Gasteiger partial charge in [0.2, 0.25) is 11.8 Å². The van der Waals surface area contributed by atoms with Crippen LogP contribution in [-0.2, 0) is 16.0 Å². The lowest BCUT2D eigenvalue weighted by Crippen LogP contribution is -2.30. The molecule has 0 bridgehead atoms. The number of hydrogen-bond acceptors (Lipinski definition) is 5. The second-order valence-electron chi connectivity index (χ2n) is 7.79. The van der Waals surface area contributed by atoms with E-state index in [4.69, 9.17) is 4.52 Å². The van der Waals surface area contributed by atoms with E-state index in [-0.39, 0.29) is 24.8 Å². The number of aliphatic carboxylic acids is 1. The van der Waals surface area contributed by atoms with E-state index in [1.165, 1.54) is 12.8 Å². The molecule has 1 aliphatic carbocycles. The number of nitrogens with zero attached hydrogens (tertiary/aromatic N) is 3. The van der Waals surface area contributed by atoms with E-state index >= 15 is 0 Å². The lowest BCUT2D eigenvalue weighted by molar-refractivity contribution is -0.141. The highest BCUT2D eigenvalue weighted by molar-refractivity contribution is 5.79. The van der Waals surface area contributed by atoms with Gasteiger partial charge in [0.05, 0.1) is 5.92 Å². The average Bonchev–Trinajstić information content (AvgIpc) is 3.46. The van der Waals surface area contributed by atoms with Gasteiger partial charge in [0.25, 0.3) is 0 Å². The molecule has 1 N–H and O–H groups in total. The van der Waals surface area contributed by atoms with Crippen LogP contribution in [0, 0.1) is 5.92 Å². The Kier molecular flexibility index (Phi) is 5.41. The molecule has 2 atom stereocenters. The van der Waals surface area contributed by atoms with E-state index in [2.05, 4.69) is 10.1 Å². The van der Waals surface area contributed by atoms with Crippen LogP contribution < -0.4 is 0 Å². The van der Waals surface area contributed by atoms with Crippen LogP contribution in [-0.4, -0.2) is 45.1 Å². The molecule has 2 heterocycles. The van der Waals surface area contributed by atoms with Crippen molar-refractivity contribution in [2.75, 3.05) is 13.1 Å². The molecule has 0 spiro atoms. The lowest BCUT2D eigenvalue weighted by atomic mass is 9.89. The van der Waals surface area contributed by atoms with Crippen molar-refractivity contribution in [3.8, 4) is 0 Å². The average molecular weight is 383 g/mol. The van der Waals surface area contributed by atoms with Crippen LogP contribution in [0.2, 0.25) is 0 Å². The first-order valence-electron chi connectivity index (χ1n) is 10.00. The smallest absolute Gasteiger partial charge is 0.308 e. The Hall–Kier alpha value is -2.70. The van der Waals surface area contributed by atoms with Gasteiger partial charge in [-0.1, -0.05) is 48.3 Å². The zero-order valence-electron chi connectivity index (χ0n) is 15.8. The Morgan fingerprint density at radius 1 is 1.14 bits per heavy atom. The number of aromatic nitrogens is 2. The minimum Gasteiger partial charge on any atom is -0.481 e. The summed E-state index contributed by atoms with van der Waals surface area (Å²) < 4.78 is 5.31. The van der Waals surface area contributed by atoms with E-state index in [0.29, 0.717) is 24.8 Å². The van der Waals surface area contributed by atoms with Gasteiger partial charge in [-0.25, -0.2) is 0 Å². The van der Waals surface area contributed by atoms with Crippen molar-refractivity contribution in [3.05, 3.63) is 47.6 Å². The molecule has 28 heavy (non-hydrogen) atoms. The quantitative estimate of drug-likeness (QED) is 0.824. The highest BCUT2D eigenvalue weighted by atomic mass is 16.5. The van der Waals surface area contributed by atoms with Gasteiger partial charge < -0.3 is 14.5 Å². The van der Waals surface area contributed by atoms with Crippen LogP contribution in [0.15, 0.2) is 34.9 Å². The molecule has 1 aliphatic heterocycles. The fourth-order valence-corrected chi connectivity index (χ4v) is 4.39. The molecule has 1 aromatic heterocycles. The van der Waals surface area contributed by atoms with Gasteiger partial charge in [0, 0.05) is 37.8 Å². The molecule has 1 saturated heterocycles. The Labute approximate surface area is 163 Å². The molecule has 2 aromatic rings. The van der Waals surface area contributed by atoms with Crippen LogP contribution in [0.3, 0.4) is 0 Å². The van der Waals surface area contributed by atoms with Crippen molar-refractivity contribution >= 4 is 11.9 Å². The highest BCUT2D eigenvalue weighted by Gasteiger charge is 2.40. The zero-order valence-corrected chi connectivity index (χ0v) is 15.8. The first-order valence-corrected chi connectivity index (χ1v) is 10.00. The first kappa shape index (κ1) is 18.7. The number of aryl methyl sites for hydroxylation is 1. The van der Waals surface area contributed by atoms with Gasteiger partial charge in [-0.15, -0.1) is 0 Å². The van der Waals surface area contributed by atoms with E-state index in [1.807, 2.05) is 30.3 Å². The molecular weight excluding hydrogens is 358 g/mol. The topological polar surface area (TPSA) is 96.5 Å². The number of carboxylic acids is 1. The normalized spacial score (nSPS) is 22.6. The van der Waals surface area contributed by atoms with Gasteiger partial charge in [-0.2, -0.15) is 4.98 Å². The maximum absolute atomic E-state index is 12.7. The molecule has 2 aliphatic rings. The first-order chi connectivity index (χ1) is 13.6. The monoisotopic (exact) mass is 383 g/mol. The lowest BCUT2D eigenvalue weighted by Gasteiger charge is -2.16. The van der Waals surface area contributed by atoms with Crippen molar-refractivity contribution in [2.45, 2.75) is 50.4 Å². The molecule has 2 fully saturated rings. The van der Waals surface area contributed by atoms with Gasteiger partial charge in [-0.05, 0) is 18.4 Å². The molecule has 1 aromatic carbocycles. The fourth-order valence-electron chi connectivity index (χ4n) is 4.39. The maximum Gasteiger partial charge on any atom is 0.308 e. The third-order valence-electron chi connectivity index (χ3n) is 5.97. The standard InChI is InChI=1S/C21H25N3O4/c25-19(11-10-18-22-20(23-28-18)15-8-4-5-9-15)24-12-16(17(13-24)21(26)27)14-6-2-1-3-7-14/h1-3,6-7,15-17H,4-5,8-13H2,(H,26,27)/t16-,17-/m1/s1. The summed E-state index contributed by atoms with van der Waals surface area (Å²) in [4.78, 5) is 30.5. The van der Waals surface area contributed by atoms with E-state index in [9.17, 15) is 14.7 Å². The van der Waals surface area contributed by atoms with E-state index < -0.39 is 11.9 Å². The number of benzene rings is 1. The van der Waals surface area contributed by atoms with Crippen LogP contribution in [0.1, 0.15) is 61.2 Å². The third-order valence-corrected chi connectivity index (χ3v) is 5.97. The molecule has 1 saturated carbocycles. The summed E-state index contributed by atoms with van der Waals surface area (Å²) in [5, 5.41) is 13.7. The molecule has 7 nitrogen and oxygen atoms in total. The van der Waals surface area contributed by atoms with Crippen LogP contribution in [0.25, 0.3) is 0 Å². The molecule has 0 radical (unpaired) electrons. The van der Waals surface area contributed by atoms with Crippen LogP contribution >= 0.6 is 0 Å². The molecule has 7 heteroatoms. The summed E-state index contributed by atoms with van der Waals surface area (Å²) in [7, 11) is 0. The molecule has 4 rings (SSSR count). The summed E-state index contributed by atoms with van der Waals surface area (Å²) in [5.74, 6) is -0.0499. The van der Waals surface area contributed by atoms with E-state index in [1.54, 1.807) is 4.90 Å². The number of amides is 1. The molecule has 0 unspecified atom stereocenters. The van der Waals surface area contributed by atoms with Crippen molar-refractivity contribution in [3.63, 3.8) is 0 Å². The summed E-state index contributed by atoms with van der Waals surface area (Å²) in [5.41, 5.74) is 0.961. The van der Waals surface area contributed by atoms with Gasteiger partial charge >= 0.3 is 5.97 Å². The largest absolute Gasteiger partial charge is 0.481 e. The molecule has 1 amide bonds. The number of hydrogen-bond donors (Lipinski definition) is 1. The highest BCUT2D eigenvalue weighted by Crippen LogP contribution is 2.34. The van der Waals surface area contributed by atoms with Crippen LogP contribution in [0.4, 0.5) is 0 Å². The number of likely N-dealkylation sites (tertiary alicyclic amines) is 1. The minimum atomic E-state index is -0.859. The predicted octanol–water partition coefficient (Wildman–Crippen LogP) is 2.99. The fraction of sp³-hybridized carbons (Fsp3) is 0.524. The third kappa shape index (κ3) is 3.93. The van der Waals surface area contributed by atoms with Crippen molar-refractivity contribution in [1.82, 2.24) is 15.0 Å². The Morgan fingerprint density at radius 3 is 2.61 bits per heavy atom. The van der Waals surface area contributed by atoms with Gasteiger partial charge in [0.1, 0.15) is 0 Å². The summed E-state index contributed by atoms with van der Waals surface area (Å²) in [6, 6.07) is 9.56. The van der Waals surface area contributed by atoms with E-state index in [0.717, 1.165) is 24.2 Å². The summed E-state index contributed by atoms with van der Waals surface area (Å²) in [6.45, 7) is 0.669. The summed E-state index contributed by atoms with van der Waals surface area (Å²) >= 11 is 0. The molecule has 148 valence electrons. The Balaban J connectivity index is 1.36. The Bertz CT molecular complexity index is 829. The second kappa shape index (κ2) is 8.12. The number of rotatable bonds is 6. The number of carbonyl (C=O) groups is 2. The van der Waals surface area contributed by atoms with Crippen molar-refractivity contribution in [2.24, 2.45) is 5.92 Å². The number of carbonyl (C=O) groups excluding carboxylic acids is 1. The van der Waals surface area contributed by atoms with Gasteiger partial charge in [-0.3, -0.25) is 9.59 Å². The zero-order chi connectivity index (χ0) is 19.5. The summed E-state index contributed by atoms with van der Waals surface area (Å²) in [6.07, 6.45) is 5.25. The maximum atomic E-state index is 12.7.